The van der Waals surface area contributed by atoms with Gasteiger partial charge in [0.2, 0.25) is 0 Å². The van der Waals surface area contributed by atoms with Crippen LogP contribution in [0.25, 0.3) is 5.69 Å². The second kappa shape index (κ2) is 6.15. The fourth-order valence-electron chi connectivity index (χ4n) is 2.40. The largest absolute Gasteiger partial charge is 0.486 e. The summed E-state index contributed by atoms with van der Waals surface area (Å²) in [4.78, 5) is 0. The summed E-state index contributed by atoms with van der Waals surface area (Å²) in [6.45, 7) is 4.49. The number of para-hydroxylation sites is 1. The van der Waals surface area contributed by atoms with Gasteiger partial charge in [0, 0.05) is 0 Å². The summed E-state index contributed by atoms with van der Waals surface area (Å²) in [7, 11) is 0. The molecule has 0 aliphatic rings. The van der Waals surface area contributed by atoms with Crippen LogP contribution in [0, 0.1) is 18.6 Å². The van der Waals surface area contributed by atoms with E-state index in [9.17, 15) is 0 Å². The molecule has 0 saturated carbocycles. The number of nitrogens with zero attached hydrogens (tertiary/aromatic N) is 2. The Kier molecular flexibility index (Phi) is 4.06. The van der Waals surface area contributed by atoms with E-state index in [4.69, 9.17) is 17.0 Å². The van der Waals surface area contributed by atoms with Crippen LogP contribution in [-0.2, 0) is 6.61 Å². The second-order valence-corrected chi connectivity index (χ2v) is 5.56. The summed E-state index contributed by atoms with van der Waals surface area (Å²) in [6, 6.07) is 15.9. The van der Waals surface area contributed by atoms with Crippen LogP contribution in [0.1, 0.15) is 17.0 Å². The van der Waals surface area contributed by atoms with Gasteiger partial charge in [-0.1, -0.05) is 35.9 Å². The number of aromatic amines is 1. The van der Waals surface area contributed by atoms with E-state index in [2.05, 4.69) is 42.2 Å². The molecule has 0 spiro atoms. The van der Waals surface area contributed by atoms with Gasteiger partial charge in [-0.05, 0) is 49.8 Å². The van der Waals surface area contributed by atoms with Crippen LogP contribution >= 0.6 is 12.2 Å². The lowest BCUT2D eigenvalue weighted by Crippen LogP contribution is -2.07. The molecule has 1 heterocycles. The fraction of sp³-hybridized carbons (Fsp3) is 0.176. The first-order chi connectivity index (χ1) is 10.6. The van der Waals surface area contributed by atoms with E-state index in [1.54, 1.807) is 0 Å². The van der Waals surface area contributed by atoms with Crippen molar-refractivity contribution in [3.8, 4) is 11.4 Å². The van der Waals surface area contributed by atoms with Crippen molar-refractivity contribution in [1.82, 2.24) is 14.8 Å². The fourth-order valence-corrected chi connectivity index (χ4v) is 2.65. The van der Waals surface area contributed by atoms with Crippen molar-refractivity contribution in [3.05, 3.63) is 70.3 Å². The van der Waals surface area contributed by atoms with E-state index in [1.165, 1.54) is 5.56 Å². The molecule has 0 radical (unpaired) electrons. The quantitative estimate of drug-likeness (QED) is 0.737. The topological polar surface area (TPSA) is 42.8 Å². The minimum absolute atomic E-state index is 0.352. The van der Waals surface area contributed by atoms with E-state index >= 15 is 0 Å². The Balaban J connectivity index is 1.92. The van der Waals surface area contributed by atoms with Gasteiger partial charge in [0.1, 0.15) is 12.4 Å². The molecule has 1 aromatic heterocycles. The highest BCUT2D eigenvalue weighted by molar-refractivity contribution is 7.71. The SMILES string of the molecule is Cc1ccc(-n2c(COc3ccccc3)n[nH]c2=S)c(C)c1. The summed E-state index contributed by atoms with van der Waals surface area (Å²) in [6.07, 6.45) is 0. The molecule has 0 fully saturated rings. The average molecular weight is 311 g/mol. The van der Waals surface area contributed by atoms with Gasteiger partial charge in [0.05, 0.1) is 5.69 Å². The highest BCUT2D eigenvalue weighted by Crippen LogP contribution is 2.19. The predicted octanol–water partition coefficient (Wildman–Crippen LogP) is 4.13. The van der Waals surface area contributed by atoms with Gasteiger partial charge in [-0.25, -0.2) is 0 Å². The minimum Gasteiger partial charge on any atom is -0.486 e. The number of hydrogen-bond donors (Lipinski definition) is 1. The van der Waals surface area contributed by atoms with Crippen LogP contribution in [0.4, 0.5) is 0 Å². The molecule has 112 valence electrons. The molecule has 5 heteroatoms. The molecule has 0 aliphatic carbocycles. The molecule has 1 N–H and O–H groups in total. The Morgan fingerprint density at radius 2 is 1.91 bits per heavy atom. The van der Waals surface area contributed by atoms with E-state index in [0.717, 1.165) is 22.8 Å². The van der Waals surface area contributed by atoms with Gasteiger partial charge in [-0.3, -0.25) is 9.67 Å². The first kappa shape index (κ1) is 14.5. The molecule has 0 atom stereocenters. The molecule has 0 saturated heterocycles. The number of rotatable bonds is 4. The first-order valence-electron chi connectivity index (χ1n) is 7.07. The molecule has 0 unspecified atom stereocenters. The maximum atomic E-state index is 5.78. The van der Waals surface area contributed by atoms with Gasteiger partial charge < -0.3 is 4.74 Å². The molecule has 0 aliphatic heterocycles. The third kappa shape index (κ3) is 2.94. The summed E-state index contributed by atoms with van der Waals surface area (Å²) in [5.41, 5.74) is 3.40. The van der Waals surface area contributed by atoms with Crippen LogP contribution in [-0.4, -0.2) is 14.8 Å². The Morgan fingerprint density at radius 1 is 1.14 bits per heavy atom. The number of H-pyrrole nitrogens is 1. The van der Waals surface area contributed by atoms with Gasteiger partial charge in [-0.2, -0.15) is 5.10 Å². The van der Waals surface area contributed by atoms with Gasteiger partial charge >= 0.3 is 0 Å². The van der Waals surface area contributed by atoms with Crippen molar-refractivity contribution in [2.24, 2.45) is 0 Å². The van der Waals surface area contributed by atoms with Gasteiger partial charge in [0.15, 0.2) is 10.6 Å². The standard InChI is InChI=1S/C17H17N3OS/c1-12-8-9-15(13(2)10-12)20-16(18-19-17(20)22)11-21-14-6-4-3-5-7-14/h3-10H,11H2,1-2H3,(H,19,22). The lowest BCUT2D eigenvalue weighted by Gasteiger charge is -2.11. The normalized spacial score (nSPS) is 10.6. The second-order valence-electron chi connectivity index (χ2n) is 5.17. The molecule has 22 heavy (non-hydrogen) atoms. The Bertz CT molecular complexity index is 837. The number of hydrogen-bond acceptors (Lipinski definition) is 3. The van der Waals surface area contributed by atoms with Crippen molar-refractivity contribution in [2.75, 3.05) is 0 Å². The summed E-state index contributed by atoms with van der Waals surface area (Å²) in [5.74, 6) is 1.56. The average Bonchev–Trinajstić information content (AvgIpc) is 2.87. The van der Waals surface area contributed by atoms with E-state index in [-0.39, 0.29) is 0 Å². The summed E-state index contributed by atoms with van der Waals surface area (Å²) < 4.78 is 8.27. The molecule has 3 rings (SSSR count). The minimum atomic E-state index is 0.352. The smallest absolute Gasteiger partial charge is 0.199 e. The van der Waals surface area contributed by atoms with Crippen LogP contribution in [0.15, 0.2) is 48.5 Å². The van der Waals surface area contributed by atoms with Crippen molar-refractivity contribution in [3.63, 3.8) is 0 Å². The summed E-state index contributed by atoms with van der Waals surface area (Å²) >= 11 is 5.37. The zero-order valence-corrected chi connectivity index (χ0v) is 13.4. The van der Waals surface area contributed by atoms with Crippen molar-refractivity contribution >= 4 is 12.2 Å². The Hall–Kier alpha value is -2.40. The number of aryl methyl sites for hydroxylation is 2. The highest BCUT2D eigenvalue weighted by atomic mass is 32.1. The lowest BCUT2D eigenvalue weighted by molar-refractivity contribution is 0.293. The van der Waals surface area contributed by atoms with E-state index < -0.39 is 0 Å². The summed E-state index contributed by atoms with van der Waals surface area (Å²) in [5, 5.41) is 7.14. The third-order valence-electron chi connectivity index (χ3n) is 3.45. The van der Waals surface area contributed by atoms with Crippen LogP contribution in [0.2, 0.25) is 0 Å². The molecule has 0 amide bonds. The van der Waals surface area contributed by atoms with Crippen LogP contribution < -0.4 is 4.74 Å². The highest BCUT2D eigenvalue weighted by Gasteiger charge is 2.11. The Labute approximate surface area is 134 Å². The monoisotopic (exact) mass is 311 g/mol. The van der Waals surface area contributed by atoms with Crippen molar-refractivity contribution in [1.29, 1.82) is 0 Å². The zero-order valence-electron chi connectivity index (χ0n) is 12.5. The number of ether oxygens (including phenoxy) is 1. The molecule has 0 bridgehead atoms. The third-order valence-corrected chi connectivity index (χ3v) is 3.72. The maximum Gasteiger partial charge on any atom is 0.199 e. The molecule has 3 aromatic rings. The number of aromatic nitrogens is 3. The Morgan fingerprint density at radius 3 is 2.64 bits per heavy atom. The number of benzene rings is 2. The van der Waals surface area contributed by atoms with Gasteiger partial charge in [-0.15, -0.1) is 0 Å². The van der Waals surface area contributed by atoms with Crippen molar-refractivity contribution in [2.45, 2.75) is 20.5 Å². The van der Waals surface area contributed by atoms with Crippen LogP contribution in [0.3, 0.4) is 0 Å². The maximum absolute atomic E-state index is 5.78. The zero-order chi connectivity index (χ0) is 15.5. The first-order valence-corrected chi connectivity index (χ1v) is 7.48. The molecular formula is C17H17N3OS. The number of nitrogens with one attached hydrogen (secondary N) is 1. The van der Waals surface area contributed by atoms with Gasteiger partial charge in [0.25, 0.3) is 0 Å². The van der Waals surface area contributed by atoms with E-state index in [1.807, 2.05) is 34.9 Å². The van der Waals surface area contributed by atoms with Crippen molar-refractivity contribution < 1.29 is 4.74 Å². The molecular weight excluding hydrogens is 294 g/mol. The molecule has 4 nitrogen and oxygen atoms in total. The predicted molar refractivity (Wildman–Crippen MR) is 89.0 cm³/mol. The van der Waals surface area contributed by atoms with Crippen LogP contribution in [0.5, 0.6) is 5.75 Å². The molecule has 2 aromatic carbocycles. The van der Waals surface area contributed by atoms with E-state index in [0.29, 0.717) is 11.4 Å². The lowest BCUT2D eigenvalue weighted by atomic mass is 10.1.